The normalized spacial score (nSPS) is 21.8. The second kappa shape index (κ2) is 10.7. The fourth-order valence-corrected chi connectivity index (χ4v) is 4.83. The average Bonchev–Trinajstić information content (AvgIpc) is 2.62. The van der Waals surface area contributed by atoms with Crippen molar-refractivity contribution in [2.45, 2.75) is 89.9 Å². The summed E-state index contributed by atoms with van der Waals surface area (Å²) in [6.07, 6.45) is 12.3. The first-order valence-corrected chi connectivity index (χ1v) is 10.4. The molecule has 2 unspecified atom stereocenters. The molecular formula is C21H34O5. The van der Waals surface area contributed by atoms with E-state index >= 15 is 0 Å². The van der Waals surface area contributed by atoms with Crippen LogP contribution in [0.5, 0.6) is 0 Å². The first-order valence-electron chi connectivity index (χ1n) is 10.4. The van der Waals surface area contributed by atoms with Crippen LogP contribution >= 0.6 is 0 Å². The van der Waals surface area contributed by atoms with Crippen molar-refractivity contribution in [3.63, 3.8) is 0 Å². The molecule has 0 aromatic rings. The van der Waals surface area contributed by atoms with Crippen LogP contribution < -0.4 is 0 Å². The number of carboxylic acid groups (broad SMARTS) is 2. The highest BCUT2D eigenvalue weighted by molar-refractivity contribution is 5.87. The summed E-state index contributed by atoms with van der Waals surface area (Å²) in [6.45, 7) is 0. The van der Waals surface area contributed by atoms with Crippen molar-refractivity contribution < 1.29 is 24.6 Å². The quantitative estimate of drug-likeness (QED) is 0.586. The average molecular weight is 366 g/mol. The summed E-state index contributed by atoms with van der Waals surface area (Å²) in [6, 6.07) is 0. The van der Waals surface area contributed by atoms with Crippen molar-refractivity contribution in [1.29, 1.82) is 0 Å². The Balaban J connectivity index is 1.85. The van der Waals surface area contributed by atoms with Crippen molar-refractivity contribution in [3.8, 4) is 0 Å². The monoisotopic (exact) mass is 366 g/mol. The van der Waals surface area contributed by atoms with Gasteiger partial charge in [0.15, 0.2) is 0 Å². The lowest BCUT2D eigenvalue weighted by molar-refractivity contribution is -0.146. The number of hydrogen-bond donors (Lipinski definition) is 2. The molecule has 0 bridgehead atoms. The molecule has 0 aliphatic heterocycles. The zero-order valence-corrected chi connectivity index (χ0v) is 15.8. The Morgan fingerprint density at radius 2 is 1.00 bits per heavy atom. The van der Waals surface area contributed by atoms with Gasteiger partial charge in [-0.25, -0.2) is 0 Å². The SMILES string of the molecule is O=C(CC(CC1CCCCC1)C(=O)O)CC(CC1CCCCC1)C(=O)O. The number of carboxylic acids is 2. The number of rotatable bonds is 10. The maximum absolute atomic E-state index is 12.4. The van der Waals surface area contributed by atoms with Crippen LogP contribution in [-0.2, 0) is 14.4 Å². The van der Waals surface area contributed by atoms with Crippen molar-refractivity contribution in [2.75, 3.05) is 0 Å². The molecule has 0 amide bonds. The molecule has 2 atom stereocenters. The fourth-order valence-electron chi connectivity index (χ4n) is 4.83. The van der Waals surface area contributed by atoms with Gasteiger partial charge in [0.1, 0.15) is 5.78 Å². The molecular weight excluding hydrogens is 332 g/mol. The Morgan fingerprint density at radius 1 is 0.654 bits per heavy atom. The molecule has 0 radical (unpaired) electrons. The number of carbonyl (C=O) groups excluding carboxylic acids is 1. The van der Waals surface area contributed by atoms with Gasteiger partial charge in [0.2, 0.25) is 0 Å². The van der Waals surface area contributed by atoms with Crippen LogP contribution in [0, 0.1) is 23.7 Å². The highest BCUT2D eigenvalue weighted by atomic mass is 16.4. The largest absolute Gasteiger partial charge is 0.481 e. The number of ketones is 1. The summed E-state index contributed by atoms with van der Waals surface area (Å²) in [5.41, 5.74) is 0. The molecule has 2 rings (SSSR count). The molecule has 0 heterocycles. The first kappa shape index (κ1) is 20.9. The molecule has 2 aliphatic rings. The van der Waals surface area contributed by atoms with Crippen LogP contribution in [0.25, 0.3) is 0 Å². The van der Waals surface area contributed by atoms with E-state index in [0.717, 1.165) is 51.4 Å². The van der Waals surface area contributed by atoms with E-state index in [2.05, 4.69) is 0 Å². The Labute approximate surface area is 156 Å². The third-order valence-corrected chi connectivity index (χ3v) is 6.33. The summed E-state index contributed by atoms with van der Waals surface area (Å²) >= 11 is 0. The predicted octanol–water partition coefficient (Wildman–Crippen LogP) is 4.68. The molecule has 2 N–H and O–H groups in total. The Hall–Kier alpha value is -1.39. The van der Waals surface area contributed by atoms with Gasteiger partial charge >= 0.3 is 11.9 Å². The van der Waals surface area contributed by atoms with E-state index in [9.17, 15) is 24.6 Å². The van der Waals surface area contributed by atoms with Gasteiger partial charge in [-0.15, -0.1) is 0 Å². The van der Waals surface area contributed by atoms with E-state index in [4.69, 9.17) is 0 Å². The van der Waals surface area contributed by atoms with Gasteiger partial charge in [0, 0.05) is 12.8 Å². The third-order valence-electron chi connectivity index (χ3n) is 6.33. The molecule has 0 spiro atoms. The first-order chi connectivity index (χ1) is 12.5. The van der Waals surface area contributed by atoms with Crippen LogP contribution in [0.15, 0.2) is 0 Å². The molecule has 2 saturated carbocycles. The lowest BCUT2D eigenvalue weighted by Crippen LogP contribution is -2.26. The van der Waals surface area contributed by atoms with Crippen molar-refractivity contribution in [1.82, 2.24) is 0 Å². The standard InChI is InChI=1S/C21H34O5/c22-19(13-17(20(23)24)11-15-7-3-1-4-8-15)14-18(21(25)26)12-16-9-5-2-6-10-16/h15-18H,1-14H2,(H,23,24)(H,25,26). The zero-order valence-electron chi connectivity index (χ0n) is 15.8. The summed E-state index contributed by atoms with van der Waals surface area (Å²) < 4.78 is 0. The zero-order chi connectivity index (χ0) is 18.9. The minimum Gasteiger partial charge on any atom is -0.481 e. The minimum atomic E-state index is -0.914. The number of Topliss-reactive ketones (excluding diaryl/α,β-unsaturated/α-hetero) is 1. The van der Waals surface area contributed by atoms with E-state index in [1.165, 1.54) is 12.8 Å². The fraction of sp³-hybridized carbons (Fsp3) is 0.857. The molecule has 0 aromatic heterocycles. The van der Waals surface area contributed by atoms with Gasteiger partial charge in [-0.1, -0.05) is 64.2 Å². The lowest BCUT2D eigenvalue weighted by Gasteiger charge is -2.25. The highest BCUT2D eigenvalue weighted by Gasteiger charge is 2.30. The van der Waals surface area contributed by atoms with E-state index in [1.807, 2.05) is 0 Å². The summed E-state index contributed by atoms with van der Waals surface area (Å²) in [5.74, 6) is -2.54. The van der Waals surface area contributed by atoms with E-state index < -0.39 is 23.8 Å². The highest BCUT2D eigenvalue weighted by Crippen LogP contribution is 2.32. The third kappa shape index (κ3) is 7.08. The van der Waals surface area contributed by atoms with Crippen LogP contribution in [0.2, 0.25) is 0 Å². The second-order valence-corrected chi connectivity index (χ2v) is 8.50. The van der Waals surface area contributed by atoms with Crippen molar-refractivity contribution in [2.24, 2.45) is 23.7 Å². The van der Waals surface area contributed by atoms with Gasteiger partial charge in [0.05, 0.1) is 11.8 Å². The summed E-state index contributed by atoms with van der Waals surface area (Å²) in [7, 11) is 0. The Kier molecular flexibility index (Phi) is 8.60. The molecule has 0 saturated heterocycles. The smallest absolute Gasteiger partial charge is 0.306 e. The Morgan fingerprint density at radius 3 is 1.31 bits per heavy atom. The van der Waals surface area contributed by atoms with Crippen LogP contribution in [0.3, 0.4) is 0 Å². The molecule has 0 aromatic carbocycles. The number of carbonyl (C=O) groups is 3. The molecule has 5 heteroatoms. The van der Waals surface area contributed by atoms with Gasteiger partial charge in [0.25, 0.3) is 0 Å². The van der Waals surface area contributed by atoms with E-state index in [0.29, 0.717) is 24.7 Å². The van der Waals surface area contributed by atoms with Crippen LogP contribution in [-0.4, -0.2) is 27.9 Å². The minimum absolute atomic E-state index is 0.0136. The number of aliphatic carboxylic acids is 2. The van der Waals surface area contributed by atoms with Gasteiger partial charge in [-0.2, -0.15) is 0 Å². The summed E-state index contributed by atoms with van der Waals surface area (Å²) in [5, 5.41) is 19.0. The number of hydrogen-bond acceptors (Lipinski definition) is 3. The maximum atomic E-state index is 12.4. The van der Waals surface area contributed by atoms with Gasteiger partial charge in [-0.3, -0.25) is 14.4 Å². The maximum Gasteiger partial charge on any atom is 0.306 e. The topological polar surface area (TPSA) is 91.7 Å². The van der Waals surface area contributed by atoms with Crippen LogP contribution in [0.4, 0.5) is 0 Å². The van der Waals surface area contributed by atoms with Gasteiger partial charge in [-0.05, 0) is 24.7 Å². The predicted molar refractivity (Wildman–Crippen MR) is 98.9 cm³/mol. The van der Waals surface area contributed by atoms with Crippen LogP contribution in [0.1, 0.15) is 89.9 Å². The lowest BCUT2D eigenvalue weighted by atomic mass is 9.79. The molecule has 2 fully saturated rings. The molecule has 5 nitrogen and oxygen atoms in total. The Bertz CT molecular complexity index is 433. The van der Waals surface area contributed by atoms with E-state index in [1.54, 1.807) is 0 Å². The van der Waals surface area contributed by atoms with Crippen molar-refractivity contribution >= 4 is 17.7 Å². The van der Waals surface area contributed by atoms with E-state index in [-0.39, 0.29) is 18.6 Å². The molecule has 26 heavy (non-hydrogen) atoms. The summed E-state index contributed by atoms with van der Waals surface area (Å²) in [4.78, 5) is 35.6. The molecule has 2 aliphatic carbocycles. The second-order valence-electron chi connectivity index (χ2n) is 8.50. The molecule has 148 valence electrons. The van der Waals surface area contributed by atoms with Gasteiger partial charge < -0.3 is 10.2 Å². The van der Waals surface area contributed by atoms with Crippen molar-refractivity contribution in [3.05, 3.63) is 0 Å².